The first-order valence-corrected chi connectivity index (χ1v) is 12.3. The van der Waals surface area contributed by atoms with Gasteiger partial charge in [-0.2, -0.15) is 0 Å². The van der Waals surface area contributed by atoms with E-state index in [0.29, 0.717) is 6.54 Å². The topological polar surface area (TPSA) is 41.6 Å². The molecule has 0 radical (unpaired) electrons. The summed E-state index contributed by atoms with van der Waals surface area (Å²) in [4.78, 5) is 15.5. The Bertz CT molecular complexity index is 1530. The molecule has 1 fully saturated rings. The van der Waals surface area contributed by atoms with E-state index < -0.39 is 6.04 Å². The fraction of sp³-hybridized carbons (Fsp3) is 0.156. The second-order valence-electron chi connectivity index (χ2n) is 9.39. The van der Waals surface area contributed by atoms with Crippen LogP contribution in [0.2, 0.25) is 0 Å². The molecule has 1 heterocycles. The fourth-order valence-electron chi connectivity index (χ4n) is 5.46. The first-order valence-electron chi connectivity index (χ1n) is 12.3. The Kier molecular flexibility index (Phi) is 5.98. The highest BCUT2D eigenvalue weighted by Gasteiger charge is 2.46. The van der Waals surface area contributed by atoms with Crippen molar-refractivity contribution < 1.29 is 9.53 Å². The van der Waals surface area contributed by atoms with Gasteiger partial charge in [0.25, 0.3) is 0 Å². The highest BCUT2D eigenvalue weighted by molar-refractivity contribution is 5.85. The Morgan fingerprint density at radius 2 is 1.28 bits per heavy atom. The quantitative estimate of drug-likeness (QED) is 0.301. The largest absolute Gasteiger partial charge is 0.468 e. The molecular formula is C32H28N2O2. The van der Waals surface area contributed by atoms with Crippen LogP contribution in [0.15, 0.2) is 115 Å². The van der Waals surface area contributed by atoms with Crippen LogP contribution in [0.1, 0.15) is 28.9 Å². The molecule has 1 saturated heterocycles. The number of esters is 1. The Morgan fingerprint density at radius 1 is 0.722 bits per heavy atom. The lowest BCUT2D eigenvalue weighted by atomic mass is 9.96. The Balaban J connectivity index is 1.49. The predicted molar refractivity (Wildman–Crippen MR) is 144 cm³/mol. The summed E-state index contributed by atoms with van der Waals surface area (Å²) < 4.78 is 5.30. The summed E-state index contributed by atoms with van der Waals surface area (Å²) >= 11 is 0. The van der Waals surface area contributed by atoms with Gasteiger partial charge in [-0.3, -0.25) is 15.0 Å². The van der Waals surface area contributed by atoms with Crippen LogP contribution in [0.25, 0.3) is 21.5 Å². The number of carbonyl (C=O) groups excluding carboxylic acids is 1. The molecule has 6 rings (SSSR count). The highest BCUT2D eigenvalue weighted by Crippen LogP contribution is 2.41. The van der Waals surface area contributed by atoms with Gasteiger partial charge < -0.3 is 4.74 Å². The molecule has 0 unspecified atom stereocenters. The maximum absolute atomic E-state index is 13.1. The summed E-state index contributed by atoms with van der Waals surface area (Å²) in [7, 11) is 1.46. The molecule has 1 aliphatic heterocycles. The summed E-state index contributed by atoms with van der Waals surface area (Å²) in [5.41, 5.74) is 3.42. The maximum Gasteiger partial charge on any atom is 0.324 e. The Labute approximate surface area is 211 Å². The smallest absolute Gasteiger partial charge is 0.324 e. The first-order chi connectivity index (χ1) is 17.7. The molecule has 5 aromatic rings. The van der Waals surface area contributed by atoms with E-state index >= 15 is 0 Å². The summed E-state index contributed by atoms with van der Waals surface area (Å²) in [5.74, 6) is -0.255. The summed E-state index contributed by atoms with van der Waals surface area (Å²) in [5, 5.41) is 8.36. The zero-order valence-corrected chi connectivity index (χ0v) is 20.2. The van der Waals surface area contributed by atoms with Crippen LogP contribution in [0.3, 0.4) is 0 Å². The molecule has 0 spiro atoms. The number of rotatable bonds is 5. The van der Waals surface area contributed by atoms with Gasteiger partial charge in [0.1, 0.15) is 6.04 Å². The van der Waals surface area contributed by atoms with Gasteiger partial charge in [-0.1, -0.05) is 103 Å². The van der Waals surface area contributed by atoms with Crippen molar-refractivity contribution in [1.29, 1.82) is 0 Å². The number of carbonyl (C=O) groups is 1. The Morgan fingerprint density at radius 3 is 1.92 bits per heavy atom. The van der Waals surface area contributed by atoms with Crippen molar-refractivity contribution in [2.75, 3.05) is 7.11 Å². The van der Waals surface area contributed by atoms with E-state index in [9.17, 15) is 4.79 Å². The minimum absolute atomic E-state index is 0.157. The second kappa shape index (κ2) is 9.57. The van der Waals surface area contributed by atoms with E-state index in [-0.39, 0.29) is 18.2 Å². The van der Waals surface area contributed by atoms with Gasteiger partial charge in [0.2, 0.25) is 0 Å². The molecule has 36 heavy (non-hydrogen) atoms. The number of nitrogens with zero attached hydrogens (tertiary/aromatic N) is 1. The summed E-state index contributed by atoms with van der Waals surface area (Å²) in [6, 6.07) is 39.5. The molecule has 0 bridgehead atoms. The third kappa shape index (κ3) is 4.15. The van der Waals surface area contributed by atoms with E-state index in [1.54, 1.807) is 0 Å². The van der Waals surface area contributed by atoms with Crippen LogP contribution >= 0.6 is 0 Å². The normalized spacial score (nSPS) is 20.1. The number of hydrogen-bond donors (Lipinski definition) is 1. The van der Waals surface area contributed by atoms with Gasteiger partial charge in [0.15, 0.2) is 0 Å². The SMILES string of the molecule is COC(=O)[C@H]1N[C@@H](c2ccc3ccccc3c2)N(Cc2ccccc2)[C@H]1c1ccc2ccccc2c1. The van der Waals surface area contributed by atoms with E-state index in [0.717, 1.165) is 16.5 Å². The third-order valence-electron chi connectivity index (χ3n) is 7.21. The first kappa shape index (κ1) is 22.5. The van der Waals surface area contributed by atoms with Gasteiger partial charge in [-0.05, 0) is 50.4 Å². The number of methoxy groups -OCH3 is 1. The number of ether oxygens (including phenoxy) is 1. The van der Waals surface area contributed by atoms with Gasteiger partial charge >= 0.3 is 5.97 Å². The minimum atomic E-state index is -0.503. The molecule has 1 N–H and O–H groups in total. The van der Waals surface area contributed by atoms with Gasteiger partial charge in [-0.15, -0.1) is 0 Å². The average Bonchev–Trinajstić information content (AvgIpc) is 3.31. The van der Waals surface area contributed by atoms with Crippen LogP contribution in [0, 0.1) is 0 Å². The van der Waals surface area contributed by atoms with Crippen molar-refractivity contribution in [2.24, 2.45) is 0 Å². The fourth-order valence-corrected chi connectivity index (χ4v) is 5.46. The van der Waals surface area contributed by atoms with Crippen molar-refractivity contribution in [1.82, 2.24) is 10.2 Å². The van der Waals surface area contributed by atoms with Crippen LogP contribution in [-0.2, 0) is 16.1 Å². The number of fused-ring (bicyclic) bond motifs is 2. The number of hydrogen-bond acceptors (Lipinski definition) is 4. The van der Waals surface area contributed by atoms with E-state index in [1.807, 2.05) is 12.1 Å². The molecule has 3 atom stereocenters. The van der Waals surface area contributed by atoms with Crippen molar-refractivity contribution in [3.8, 4) is 0 Å². The van der Waals surface area contributed by atoms with Gasteiger partial charge in [0.05, 0.1) is 19.3 Å². The summed E-state index contributed by atoms with van der Waals surface area (Å²) in [6.45, 7) is 0.691. The lowest BCUT2D eigenvalue weighted by Crippen LogP contribution is -2.37. The zero-order chi connectivity index (χ0) is 24.5. The standard InChI is InChI=1S/C32H28N2O2/c1-36-32(35)29-30(27-17-15-23-11-5-7-13-25(23)19-27)34(21-22-9-3-2-4-10-22)31(33-29)28-18-16-24-12-6-8-14-26(24)20-28/h2-20,29-31,33H,21H2,1H3/t29-,30-,31+/m0/s1. The molecule has 4 heteroatoms. The summed E-state index contributed by atoms with van der Waals surface area (Å²) in [6.07, 6.45) is -0.157. The molecule has 4 nitrogen and oxygen atoms in total. The molecule has 0 aromatic heterocycles. The van der Waals surface area contributed by atoms with Crippen molar-refractivity contribution in [3.05, 3.63) is 132 Å². The lowest BCUT2D eigenvalue weighted by molar-refractivity contribution is -0.143. The van der Waals surface area contributed by atoms with Gasteiger partial charge in [-0.25, -0.2) is 0 Å². The monoisotopic (exact) mass is 472 g/mol. The second-order valence-corrected chi connectivity index (χ2v) is 9.39. The van der Waals surface area contributed by atoms with Crippen molar-refractivity contribution >= 4 is 27.5 Å². The molecule has 178 valence electrons. The molecule has 1 aliphatic rings. The molecular weight excluding hydrogens is 444 g/mol. The maximum atomic E-state index is 13.1. The lowest BCUT2D eigenvalue weighted by Gasteiger charge is -2.31. The Hall–Kier alpha value is -3.99. The van der Waals surface area contributed by atoms with E-state index in [4.69, 9.17) is 4.74 Å². The molecule has 0 saturated carbocycles. The number of nitrogens with one attached hydrogen (secondary N) is 1. The van der Waals surface area contributed by atoms with Crippen molar-refractivity contribution in [2.45, 2.75) is 24.8 Å². The van der Waals surface area contributed by atoms with Crippen molar-refractivity contribution in [3.63, 3.8) is 0 Å². The highest BCUT2D eigenvalue weighted by atomic mass is 16.5. The zero-order valence-electron chi connectivity index (χ0n) is 20.2. The van der Waals surface area contributed by atoms with E-state index in [1.165, 1.54) is 28.8 Å². The third-order valence-corrected chi connectivity index (χ3v) is 7.21. The predicted octanol–water partition coefficient (Wildman–Crippen LogP) is 6.38. The van der Waals surface area contributed by atoms with Crippen LogP contribution in [0.4, 0.5) is 0 Å². The van der Waals surface area contributed by atoms with E-state index in [2.05, 4.69) is 113 Å². The van der Waals surface area contributed by atoms with Crippen LogP contribution in [0.5, 0.6) is 0 Å². The molecule has 5 aromatic carbocycles. The average molecular weight is 473 g/mol. The van der Waals surface area contributed by atoms with Crippen LogP contribution < -0.4 is 5.32 Å². The molecule has 0 amide bonds. The van der Waals surface area contributed by atoms with Gasteiger partial charge in [0, 0.05) is 6.54 Å². The number of benzene rings is 5. The minimum Gasteiger partial charge on any atom is -0.468 e. The van der Waals surface area contributed by atoms with Crippen LogP contribution in [-0.4, -0.2) is 24.0 Å². The molecule has 0 aliphatic carbocycles.